The SMILES string of the molecule is COc1ccc(-c2noc(CN(C)C(=O)C(C)Oc3ccc4ccccc4c3)n2)c(OC)c1. The van der Waals surface area contributed by atoms with Crippen molar-refractivity contribution in [1.82, 2.24) is 15.0 Å². The second-order valence-corrected chi connectivity index (χ2v) is 7.54. The molecule has 1 heterocycles. The lowest BCUT2D eigenvalue weighted by molar-refractivity contribution is -0.137. The third-order valence-electron chi connectivity index (χ3n) is 5.25. The normalized spacial score (nSPS) is 11.8. The molecule has 0 radical (unpaired) electrons. The number of hydrogen-bond donors (Lipinski definition) is 0. The van der Waals surface area contributed by atoms with E-state index in [0.717, 1.165) is 10.8 Å². The molecule has 4 rings (SSSR count). The van der Waals surface area contributed by atoms with Crippen LogP contribution in [-0.4, -0.2) is 48.3 Å². The molecule has 0 aliphatic carbocycles. The number of rotatable bonds is 8. The molecule has 0 fully saturated rings. The fourth-order valence-electron chi connectivity index (χ4n) is 3.50. The molecule has 0 N–H and O–H groups in total. The van der Waals surface area contributed by atoms with Crippen molar-refractivity contribution < 1.29 is 23.5 Å². The van der Waals surface area contributed by atoms with Crippen LogP contribution in [0.4, 0.5) is 0 Å². The number of ether oxygens (including phenoxy) is 3. The van der Waals surface area contributed by atoms with E-state index in [-0.39, 0.29) is 12.5 Å². The van der Waals surface area contributed by atoms with Crippen LogP contribution in [0.3, 0.4) is 0 Å². The molecular weight excluding hydrogens is 422 g/mol. The fourth-order valence-corrected chi connectivity index (χ4v) is 3.50. The maximum atomic E-state index is 12.8. The lowest BCUT2D eigenvalue weighted by Crippen LogP contribution is -2.37. The molecule has 33 heavy (non-hydrogen) atoms. The highest BCUT2D eigenvalue weighted by molar-refractivity contribution is 5.84. The van der Waals surface area contributed by atoms with Crippen molar-refractivity contribution in [2.75, 3.05) is 21.3 Å². The first kappa shape index (κ1) is 22.1. The van der Waals surface area contributed by atoms with Gasteiger partial charge in [0.05, 0.1) is 26.3 Å². The van der Waals surface area contributed by atoms with E-state index in [0.29, 0.717) is 34.5 Å². The summed E-state index contributed by atoms with van der Waals surface area (Å²) in [7, 11) is 4.81. The van der Waals surface area contributed by atoms with Gasteiger partial charge in [-0.05, 0) is 42.0 Å². The number of carbonyl (C=O) groups excluding carboxylic acids is 1. The Balaban J connectivity index is 1.42. The van der Waals surface area contributed by atoms with E-state index in [1.165, 1.54) is 4.90 Å². The maximum Gasteiger partial charge on any atom is 0.263 e. The zero-order valence-corrected chi connectivity index (χ0v) is 18.9. The number of likely N-dealkylation sites (N-methyl/N-ethyl adjacent to an activating group) is 1. The highest BCUT2D eigenvalue weighted by atomic mass is 16.5. The molecule has 8 nitrogen and oxygen atoms in total. The summed E-state index contributed by atoms with van der Waals surface area (Å²) in [6.45, 7) is 1.87. The fraction of sp³-hybridized carbons (Fsp3) is 0.240. The lowest BCUT2D eigenvalue weighted by atomic mass is 10.1. The van der Waals surface area contributed by atoms with Crippen molar-refractivity contribution in [3.63, 3.8) is 0 Å². The van der Waals surface area contributed by atoms with E-state index in [4.69, 9.17) is 18.7 Å². The van der Waals surface area contributed by atoms with Crippen molar-refractivity contribution in [3.05, 3.63) is 66.6 Å². The minimum absolute atomic E-state index is 0.149. The van der Waals surface area contributed by atoms with Crippen LogP contribution in [0.2, 0.25) is 0 Å². The number of fused-ring (bicyclic) bond motifs is 1. The van der Waals surface area contributed by atoms with Gasteiger partial charge in [0, 0.05) is 13.1 Å². The molecule has 8 heteroatoms. The van der Waals surface area contributed by atoms with Crippen LogP contribution in [0.5, 0.6) is 17.2 Å². The Bertz CT molecular complexity index is 1270. The summed E-state index contributed by atoms with van der Waals surface area (Å²) >= 11 is 0. The van der Waals surface area contributed by atoms with Gasteiger partial charge in [-0.3, -0.25) is 4.79 Å². The van der Waals surface area contributed by atoms with Gasteiger partial charge in [0.1, 0.15) is 17.2 Å². The highest BCUT2D eigenvalue weighted by Crippen LogP contribution is 2.31. The molecule has 0 saturated carbocycles. The summed E-state index contributed by atoms with van der Waals surface area (Å²) in [5.74, 6) is 2.32. The topological polar surface area (TPSA) is 86.9 Å². The van der Waals surface area contributed by atoms with Crippen LogP contribution in [-0.2, 0) is 11.3 Å². The lowest BCUT2D eigenvalue weighted by Gasteiger charge is -2.21. The Morgan fingerprint density at radius 3 is 2.52 bits per heavy atom. The molecule has 4 aromatic rings. The van der Waals surface area contributed by atoms with Gasteiger partial charge >= 0.3 is 0 Å². The number of carbonyl (C=O) groups is 1. The standard InChI is InChI=1S/C25H25N3O5/c1-16(32-20-10-9-17-7-5-6-8-18(17)13-20)25(29)28(2)15-23-26-24(27-33-23)21-12-11-19(30-3)14-22(21)31-4/h5-14,16H,15H2,1-4H3. The highest BCUT2D eigenvalue weighted by Gasteiger charge is 2.22. The van der Waals surface area contributed by atoms with Crippen LogP contribution in [0.1, 0.15) is 12.8 Å². The summed E-state index contributed by atoms with van der Waals surface area (Å²) in [5, 5.41) is 6.19. The Hall–Kier alpha value is -4.07. The largest absolute Gasteiger partial charge is 0.497 e. The van der Waals surface area contributed by atoms with E-state index in [9.17, 15) is 4.79 Å². The van der Waals surface area contributed by atoms with E-state index in [2.05, 4.69) is 10.1 Å². The number of aromatic nitrogens is 2. The van der Waals surface area contributed by atoms with Gasteiger partial charge in [-0.25, -0.2) is 0 Å². The van der Waals surface area contributed by atoms with Gasteiger partial charge in [-0.15, -0.1) is 0 Å². The van der Waals surface area contributed by atoms with Crippen molar-refractivity contribution >= 4 is 16.7 Å². The minimum atomic E-state index is -0.680. The summed E-state index contributed by atoms with van der Waals surface area (Å²) < 4.78 is 21.9. The van der Waals surface area contributed by atoms with Gasteiger partial charge in [-0.1, -0.05) is 35.5 Å². The summed E-state index contributed by atoms with van der Waals surface area (Å²) in [5.41, 5.74) is 0.662. The maximum absolute atomic E-state index is 12.8. The molecule has 1 atom stereocenters. The average molecular weight is 447 g/mol. The quantitative estimate of drug-likeness (QED) is 0.397. The zero-order chi connectivity index (χ0) is 23.4. The van der Waals surface area contributed by atoms with Gasteiger partial charge in [0.2, 0.25) is 11.7 Å². The van der Waals surface area contributed by atoms with E-state index < -0.39 is 6.10 Å². The predicted molar refractivity (Wildman–Crippen MR) is 123 cm³/mol. The second-order valence-electron chi connectivity index (χ2n) is 7.54. The molecule has 0 bridgehead atoms. The molecule has 1 aromatic heterocycles. The van der Waals surface area contributed by atoms with E-state index >= 15 is 0 Å². The first-order valence-electron chi connectivity index (χ1n) is 10.4. The summed E-state index contributed by atoms with van der Waals surface area (Å²) in [6, 6.07) is 19.1. The number of hydrogen-bond acceptors (Lipinski definition) is 7. The molecule has 3 aromatic carbocycles. The second kappa shape index (κ2) is 9.60. The van der Waals surface area contributed by atoms with Crippen molar-refractivity contribution in [2.45, 2.75) is 19.6 Å². The van der Waals surface area contributed by atoms with Crippen molar-refractivity contribution in [2.24, 2.45) is 0 Å². The van der Waals surface area contributed by atoms with E-state index in [1.54, 1.807) is 46.4 Å². The Morgan fingerprint density at radius 2 is 1.76 bits per heavy atom. The Labute approximate surface area is 191 Å². The predicted octanol–water partition coefficient (Wildman–Crippen LogP) is 4.33. The van der Waals surface area contributed by atoms with Gasteiger partial charge < -0.3 is 23.6 Å². The van der Waals surface area contributed by atoms with Crippen LogP contribution in [0.15, 0.2) is 65.2 Å². The summed E-state index contributed by atoms with van der Waals surface area (Å²) in [6.07, 6.45) is -0.680. The zero-order valence-electron chi connectivity index (χ0n) is 18.9. The van der Waals surface area contributed by atoms with Crippen molar-refractivity contribution in [1.29, 1.82) is 0 Å². The number of nitrogens with zero attached hydrogens (tertiary/aromatic N) is 3. The minimum Gasteiger partial charge on any atom is -0.497 e. The molecule has 1 unspecified atom stereocenters. The monoisotopic (exact) mass is 447 g/mol. The molecule has 0 aliphatic rings. The van der Waals surface area contributed by atoms with Gasteiger partial charge in [0.25, 0.3) is 5.91 Å². The number of methoxy groups -OCH3 is 2. The van der Waals surface area contributed by atoms with Crippen LogP contribution in [0, 0.1) is 0 Å². The van der Waals surface area contributed by atoms with E-state index in [1.807, 2.05) is 42.5 Å². The number of benzene rings is 3. The smallest absolute Gasteiger partial charge is 0.263 e. The first-order chi connectivity index (χ1) is 16.0. The van der Waals surface area contributed by atoms with Crippen LogP contribution < -0.4 is 14.2 Å². The summed E-state index contributed by atoms with van der Waals surface area (Å²) in [4.78, 5) is 18.7. The van der Waals surface area contributed by atoms with Crippen LogP contribution >= 0.6 is 0 Å². The molecule has 170 valence electrons. The van der Waals surface area contributed by atoms with Gasteiger partial charge in [-0.2, -0.15) is 4.98 Å². The Morgan fingerprint density at radius 1 is 1.00 bits per heavy atom. The van der Waals surface area contributed by atoms with Gasteiger partial charge in [0.15, 0.2) is 6.10 Å². The molecule has 0 aliphatic heterocycles. The molecule has 0 spiro atoms. The third kappa shape index (κ3) is 4.90. The average Bonchev–Trinajstić information content (AvgIpc) is 3.31. The molecular formula is C25H25N3O5. The van der Waals surface area contributed by atoms with Crippen LogP contribution in [0.25, 0.3) is 22.2 Å². The molecule has 0 saturated heterocycles. The third-order valence-corrected chi connectivity index (χ3v) is 5.25. The molecule has 1 amide bonds. The first-order valence-corrected chi connectivity index (χ1v) is 10.4. The van der Waals surface area contributed by atoms with Crippen molar-refractivity contribution in [3.8, 4) is 28.6 Å². The Kier molecular flexibility index (Phi) is 6.44. The number of amides is 1.